The largest absolute Gasteiger partial charge is 0.481 e. The number of piperidine rings is 1. The van der Waals surface area contributed by atoms with Crippen molar-refractivity contribution in [3.05, 3.63) is 0 Å². The summed E-state index contributed by atoms with van der Waals surface area (Å²) in [5.74, 6) is -0.237. The van der Waals surface area contributed by atoms with Crippen LogP contribution in [0, 0.1) is 11.3 Å². The molecule has 1 fully saturated rings. The van der Waals surface area contributed by atoms with Crippen LogP contribution in [0.2, 0.25) is 0 Å². The van der Waals surface area contributed by atoms with Gasteiger partial charge in [0, 0.05) is 19.1 Å². The van der Waals surface area contributed by atoms with Gasteiger partial charge in [0.15, 0.2) is 0 Å². The van der Waals surface area contributed by atoms with Crippen molar-refractivity contribution in [1.82, 2.24) is 10.2 Å². The molecule has 5 nitrogen and oxygen atoms in total. The van der Waals surface area contributed by atoms with Crippen LogP contribution in [0.3, 0.4) is 0 Å². The minimum absolute atomic E-state index is 0.121. The summed E-state index contributed by atoms with van der Waals surface area (Å²) in [6.07, 6.45) is 3.43. The molecule has 1 rings (SSSR count). The van der Waals surface area contributed by atoms with E-state index in [4.69, 9.17) is 0 Å². The molecule has 1 saturated heterocycles. The van der Waals surface area contributed by atoms with Gasteiger partial charge >= 0.3 is 12.0 Å². The van der Waals surface area contributed by atoms with Crippen molar-refractivity contribution in [1.29, 1.82) is 0 Å². The van der Waals surface area contributed by atoms with Crippen molar-refractivity contribution in [3.8, 4) is 0 Å². The first-order valence-corrected chi connectivity index (χ1v) is 7.57. The van der Waals surface area contributed by atoms with Gasteiger partial charge in [0.05, 0.1) is 5.41 Å². The molecule has 0 spiro atoms. The molecule has 5 heteroatoms. The Bertz CT molecular complexity index is 359. The SMILES string of the molecule is CCC(C)CC(C)NC(=O)N1CCCC(C)(C(=O)O)C1. The van der Waals surface area contributed by atoms with E-state index in [-0.39, 0.29) is 12.1 Å². The predicted octanol–water partition coefficient (Wildman–Crippen LogP) is 2.71. The molecule has 0 radical (unpaired) electrons. The molecule has 3 atom stereocenters. The zero-order valence-corrected chi connectivity index (χ0v) is 13.1. The van der Waals surface area contributed by atoms with Gasteiger partial charge in [-0.2, -0.15) is 0 Å². The van der Waals surface area contributed by atoms with E-state index in [2.05, 4.69) is 19.2 Å². The summed E-state index contributed by atoms with van der Waals surface area (Å²) in [6.45, 7) is 8.98. The number of nitrogens with one attached hydrogen (secondary N) is 1. The van der Waals surface area contributed by atoms with Gasteiger partial charge in [0.1, 0.15) is 0 Å². The number of carboxylic acids is 1. The highest BCUT2D eigenvalue weighted by molar-refractivity contribution is 5.78. The monoisotopic (exact) mass is 284 g/mol. The number of urea groups is 1. The molecule has 0 aromatic rings. The normalized spacial score (nSPS) is 25.9. The van der Waals surface area contributed by atoms with Crippen molar-refractivity contribution in [2.45, 2.75) is 59.4 Å². The molecule has 0 aliphatic carbocycles. The van der Waals surface area contributed by atoms with Crippen LogP contribution in [0.5, 0.6) is 0 Å². The molecule has 2 amide bonds. The van der Waals surface area contributed by atoms with Crippen molar-refractivity contribution in [2.24, 2.45) is 11.3 Å². The number of amides is 2. The first-order chi connectivity index (χ1) is 9.28. The molecule has 3 unspecified atom stereocenters. The maximum absolute atomic E-state index is 12.2. The van der Waals surface area contributed by atoms with Crippen LogP contribution in [-0.2, 0) is 4.79 Å². The lowest BCUT2D eigenvalue weighted by atomic mass is 9.82. The molecule has 1 heterocycles. The van der Waals surface area contributed by atoms with Gasteiger partial charge in [-0.1, -0.05) is 20.3 Å². The van der Waals surface area contributed by atoms with Gasteiger partial charge in [0.2, 0.25) is 0 Å². The predicted molar refractivity (Wildman–Crippen MR) is 78.6 cm³/mol. The third-order valence-corrected chi connectivity index (χ3v) is 4.32. The molecule has 0 bridgehead atoms. The Balaban J connectivity index is 2.53. The number of likely N-dealkylation sites (tertiary alicyclic amines) is 1. The fourth-order valence-electron chi connectivity index (χ4n) is 2.72. The van der Waals surface area contributed by atoms with Gasteiger partial charge in [-0.3, -0.25) is 4.79 Å². The fourth-order valence-corrected chi connectivity index (χ4v) is 2.72. The summed E-state index contributed by atoms with van der Waals surface area (Å²) in [6, 6.07) is -0.0107. The summed E-state index contributed by atoms with van der Waals surface area (Å²) in [4.78, 5) is 25.1. The lowest BCUT2D eigenvalue weighted by Gasteiger charge is -2.38. The second-order valence-corrected chi connectivity index (χ2v) is 6.49. The Hall–Kier alpha value is -1.26. The summed E-state index contributed by atoms with van der Waals surface area (Å²) in [7, 11) is 0. The zero-order valence-electron chi connectivity index (χ0n) is 13.1. The van der Waals surface area contributed by atoms with E-state index in [0.717, 1.165) is 19.3 Å². The Morgan fingerprint density at radius 1 is 1.40 bits per heavy atom. The van der Waals surface area contributed by atoms with Crippen molar-refractivity contribution in [3.63, 3.8) is 0 Å². The Kier molecular flexibility index (Phi) is 5.84. The minimum Gasteiger partial charge on any atom is -0.481 e. The average molecular weight is 284 g/mol. The topological polar surface area (TPSA) is 69.6 Å². The molecule has 2 N–H and O–H groups in total. The summed E-state index contributed by atoms with van der Waals surface area (Å²) in [5, 5.41) is 12.3. The van der Waals surface area contributed by atoms with Crippen LogP contribution in [0.4, 0.5) is 4.79 Å². The first kappa shape index (κ1) is 16.8. The number of aliphatic carboxylic acids is 1. The number of rotatable bonds is 5. The van der Waals surface area contributed by atoms with Gasteiger partial charge < -0.3 is 15.3 Å². The van der Waals surface area contributed by atoms with Crippen molar-refractivity contribution >= 4 is 12.0 Å². The van der Waals surface area contributed by atoms with E-state index in [1.807, 2.05) is 6.92 Å². The minimum atomic E-state index is -0.817. The number of carbonyl (C=O) groups excluding carboxylic acids is 1. The number of nitrogens with zero attached hydrogens (tertiary/aromatic N) is 1. The van der Waals surface area contributed by atoms with Crippen LogP contribution >= 0.6 is 0 Å². The summed E-state index contributed by atoms with van der Waals surface area (Å²) < 4.78 is 0. The van der Waals surface area contributed by atoms with Crippen LogP contribution < -0.4 is 5.32 Å². The zero-order chi connectivity index (χ0) is 15.3. The second-order valence-electron chi connectivity index (χ2n) is 6.49. The number of hydrogen-bond donors (Lipinski definition) is 2. The molecule has 0 aromatic carbocycles. The van der Waals surface area contributed by atoms with E-state index < -0.39 is 11.4 Å². The third-order valence-electron chi connectivity index (χ3n) is 4.32. The molecule has 20 heavy (non-hydrogen) atoms. The smallest absolute Gasteiger partial charge is 0.317 e. The quantitative estimate of drug-likeness (QED) is 0.815. The highest BCUT2D eigenvalue weighted by Crippen LogP contribution is 2.29. The molecule has 1 aliphatic rings. The molecule has 0 saturated carbocycles. The van der Waals surface area contributed by atoms with Crippen molar-refractivity contribution in [2.75, 3.05) is 13.1 Å². The van der Waals surface area contributed by atoms with E-state index in [1.165, 1.54) is 0 Å². The number of carboxylic acid groups (broad SMARTS) is 1. The molecule has 0 aromatic heterocycles. The van der Waals surface area contributed by atoms with Crippen LogP contribution in [-0.4, -0.2) is 41.1 Å². The molecular weight excluding hydrogens is 256 g/mol. The number of carbonyl (C=O) groups is 2. The number of hydrogen-bond acceptors (Lipinski definition) is 2. The lowest BCUT2D eigenvalue weighted by molar-refractivity contribution is -0.150. The standard InChI is InChI=1S/C15H28N2O3/c1-5-11(2)9-12(3)16-14(20)17-8-6-7-15(4,10-17)13(18)19/h11-12H,5-10H2,1-4H3,(H,16,20)(H,18,19). The van der Waals surface area contributed by atoms with Crippen LogP contribution in [0.1, 0.15) is 53.4 Å². The van der Waals surface area contributed by atoms with Crippen molar-refractivity contribution < 1.29 is 14.7 Å². The fraction of sp³-hybridized carbons (Fsp3) is 0.867. The van der Waals surface area contributed by atoms with Gasteiger partial charge in [-0.05, 0) is 39.0 Å². The van der Waals surface area contributed by atoms with Crippen LogP contribution in [0.25, 0.3) is 0 Å². The molecule has 1 aliphatic heterocycles. The summed E-state index contributed by atoms with van der Waals surface area (Å²) >= 11 is 0. The van der Waals surface area contributed by atoms with Gasteiger partial charge in [-0.25, -0.2) is 4.79 Å². The van der Waals surface area contributed by atoms with E-state index >= 15 is 0 Å². The first-order valence-electron chi connectivity index (χ1n) is 7.57. The highest BCUT2D eigenvalue weighted by atomic mass is 16.4. The Morgan fingerprint density at radius 2 is 2.05 bits per heavy atom. The van der Waals surface area contributed by atoms with Crippen LogP contribution in [0.15, 0.2) is 0 Å². The molecule has 116 valence electrons. The van der Waals surface area contributed by atoms with Gasteiger partial charge in [0.25, 0.3) is 0 Å². The average Bonchev–Trinajstić information content (AvgIpc) is 2.38. The van der Waals surface area contributed by atoms with E-state index in [1.54, 1.807) is 11.8 Å². The lowest BCUT2D eigenvalue weighted by Crippen LogP contribution is -2.53. The molecular formula is C15H28N2O3. The Morgan fingerprint density at radius 3 is 2.60 bits per heavy atom. The summed E-state index contributed by atoms with van der Waals surface area (Å²) in [5.41, 5.74) is -0.810. The Labute approximate surface area is 121 Å². The van der Waals surface area contributed by atoms with E-state index in [0.29, 0.717) is 25.4 Å². The third kappa shape index (κ3) is 4.39. The highest BCUT2D eigenvalue weighted by Gasteiger charge is 2.39. The second kappa shape index (κ2) is 6.95. The maximum Gasteiger partial charge on any atom is 0.317 e. The maximum atomic E-state index is 12.2. The van der Waals surface area contributed by atoms with Gasteiger partial charge in [-0.15, -0.1) is 0 Å². The van der Waals surface area contributed by atoms with E-state index in [9.17, 15) is 14.7 Å².